The second-order valence-electron chi connectivity index (χ2n) is 2.45. The molecule has 0 amide bonds. The van der Waals surface area contributed by atoms with Gasteiger partial charge >= 0.3 is 0 Å². The van der Waals surface area contributed by atoms with Crippen LogP contribution in [0.15, 0.2) is 11.8 Å². The summed E-state index contributed by atoms with van der Waals surface area (Å²) in [5, 5.41) is 8.40. The summed E-state index contributed by atoms with van der Waals surface area (Å²) in [5.74, 6) is 0.339. The monoisotopic (exact) mass is 126 g/mol. The number of rotatable bonds is 2. The fraction of sp³-hybridized carbons (Fsp3) is 0.571. The summed E-state index contributed by atoms with van der Waals surface area (Å²) in [6.45, 7) is 1.64. The number of aliphatic hydroxyl groups excluding tert-OH is 1. The smallest absolute Gasteiger partial charge is 0.164 e. The van der Waals surface area contributed by atoms with Crippen molar-refractivity contribution in [3.8, 4) is 0 Å². The van der Waals surface area contributed by atoms with Gasteiger partial charge in [0.05, 0.1) is 6.26 Å². The summed E-state index contributed by atoms with van der Waals surface area (Å²) in [4.78, 5) is 10.9. The van der Waals surface area contributed by atoms with E-state index in [1.54, 1.807) is 6.92 Å². The Labute approximate surface area is 54.2 Å². The third-order valence-electron chi connectivity index (χ3n) is 1.53. The van der Waals surface area contributed by atoms with Crippen LogP contribution in [-0.2, 0) is 4.79 Å². The lowest BCUT2D eigenvalue weighted by molar-refractivity contribution is -0.116. The molecule has 1 N–H and O–H groups in total. The maximum absolute atomic E-state index is 10.9. The van der Waals surface area contributed by atoms with Crippen molar-refractivity contribution in [2.24, 2.45) is 5.92 Å². The van der Waals surface area contributed by atoms with Crippen LogP contribution < -0.4 is 0 Å². The summed E-state index contributed by atoms with van der Waals surface area (Å²) in [6, 6.07) is 0. The summed E-state index contributed by atoms with van der Waals surface area (Å²) in [5.41, 5.74) is 0.484. The van der Waals surface area contributed by atoms with E-state index < -0.39 is 0 Å². The molecule has 0 aromatic carbocycles. The molecule has 2 nitrogen and oxygen atoms in total. The fourth-order valence-corrected chi connectivity index (χ4v) is 0.731. The van der Waals surface area contributed by atoms with E-state index in [4.69, 9.17) is 5.11 Å². The summed E-state index contributed by atoms with van der Waals surface area (Å²) in [6.07, 6.45) is 2.90. The predicted octanol–water partition coefficient (Wildman–Crippen LogP) is 1.43. The molecule has 0 aromatic heterocycles. The summed E-state index contributed by atoms with van der Waals surface area (Å²) < 4.78 is 0. The largest absolute Gasteiger partial charge is 0.515 e. The fourth-order valence-electron chi connectivity index (χ4n) is 0.731. The summed E-state index contributed by atoms with van der Waals surface area (Å²) in [7, 11) is 0. The van der Waals surface area contributed by atoms with Gasteiger partial charge in [0.25, 0.3) is 0 Å². The van der Waals surface area contributed by atoms with E-state index in [-0.39, 0.29) is 11.7 Å². The number of aliphatic hydroxyl groups is 1. The van der Waals surface area contributed by atoms with Crippen molar-refractivity contribution < 1.29 is 9.90 Å². The maximum Gasteiger partial charge on any atom is 0.164 e. The van der Waals surface area contributed by atoms with Crippen molar-refractivity contribution in [2.45, 2.75) is 19.8 Å². The minimum absolute atomic E-state index is 0.109. The third-order valence-corrected chi connectivity index (χ3v) is 1.53. The lowest BCUT2D eigenvalue weighted by Gasteiger charge is -1.92. The van der Waals surface area contributed by atoms with Crippen LogP contribution >= 0.6 is 0 Å². The van der Waals surface area contributed by atoms with E-state index >= 15 is 0 Å². The van der Waals surface area contributed by atoms with Crippen LogP contribution in [0.5, 0.6) is 0 Å². The highest BCUT2D eigenvalue weighted by Gasteiger charge is 2.30. The van der Waals surface area contributed by atoms with Crippen molar-refractivity contribution in [2.75, 3.05) is 0 Å². The Bertz CT molecular complexity index is 154. The standard InChI is InChI=1S/C7H10O2/c1-5(4-8)7(9)6-2-3-6/h4,6,8H,2-3H2,1H3/b5-4+. The highest BCUT2D eigenvalue weighted by atomic mass is 16.2. The molecule has 0 aliphatic heterocycles. The minimum atomic E-state index is 0.109. The molecule has 0 radical (unpaired) electrons. The normalized spacial score (nSPS) is 19.9. The van der Waals surface area contributed by atoms with E-state index in [1.807, 2.05) is 0 Å². The zero-order valence-corrected chi connectivity index (χ0v) is 5.42. The number of ketones is 1. The van der Waals surface area contributed by atoms with Gasteiger partial charge in [-0.3, -0.25) is 4.79 Å². The van der Waals surface area contributed by atoms with Gasteiger partial charge in [0.2, 0.25) is 0 Å². The van der Waals surface area contributed by atoms with Gasteiger partial charge in [-0.2, -0.15) is 0 Å². The zero-order chi connectivity index (χ0) is 6.85. The third kappa shape index (κ3) is 1.31. The molecule has 1 aliphatic rings. The van der Waals surface area contributed by atoms with E-state index in [9.17, 15) is 4.79 Å². The van der Waals surface area contributed by atoms with Gasteiger partial charge in [-0.25, -0.2) is 0 Å². The molecule has 1 aliphatic carbocycles. The zero-order valence-electron chi connectivity index (χ0n) is 5.42. The van der Waals surface area contributed by atoms with Gasteiger partial charge in [-0.15, -0.1) is 0 Å². The average molecular weight is 126 g/mol. The van der Waals surface area contributed by atoms with Gasteiger partial charge in [0.1, 0.15) is 0 Å². The SMILES string of the molecule is C/C(=C\O)C(=O)C1CC1. The van der Waals surface area contributed by atoms with Gasteiger partial charge in [0, 0.05) is 11.5 Å². The van der Waals surface area contributed by atoms with Crippen LogP contribution in [0.4, 0.5) is 0 Å². The molecule has 1 rings (SSSR count). The first-order valence-electron chi connectivity index (χ1n) is 3.11. The van der Waals surface area contributed by atoms with Crippen molar-refractivity contribution >= 4 is 5.78 Å². The van der Waals surface area contributed by atoms with Gasteiger partial charge < -0.3 is 5.11 Å². The molecule has 9 heavy (non-hydrogen) atoms. The Hall–Kier alpha value is -0.790. The average Bonchev–Trinajstić information content (AvgIpc) is 2.66. The van der Waals surface area contributed by atoms with Crippen LogP contribution in [0, 0.1) is 5.92 Å². The molecule has 50 valence electrons. The second kappa shape index (κ2) is 2.21. The van der Waals surface area contributed by atoms with E-state index in [2.05, 4.69) is 0 Å². The van der Waals surface area contributed by atoms with Crippen molar-refractivity contribution in [3.05, 3.63) is 11.8 Å². The Morgan fingerprint density at radius 1 is 1.67 bits per heavy atom. The first-order chi connectivity index (χ1) is 4.25. The molecule has 1 fully saturated rings. The second-order valence-corrected chi connectivity index (χ2v) is 2.45. The molecule has 0 saturated heterocycles. The van der Waals surface area contributed by atoms with Crippen LogP contribution in [0.2, 0.25) is 0 Å². The number of allylic oxidation sites excluding steroid dienone is 1. The molecule has 0 aromatic rings. The van der Waals surface area contributed by atoms with Crippen molar-refractivity contribution in [1.29, 1.82) is 0 Å². The highest BCUT2D eigenvalue weighted by Crippen LogP contribution is 2.31. The first-order valence-corrected chi connectivity index (χ1v) is 3.11. The number of hydrogen-bond acceptors (Lipinski definition) is 2. The Morgan fingerprint density at radius 3 is 2.56 bits per heavy atom. The Kier molecular flexibility index (Phi) is 1.56. The van der Waals surface area contributed by atoms with E-state index in [0.29, 0.717) is 5.57 Å². The van der Waals surface area contributed by atoms with Crippen LogP contribution in [0.25, 0.3) is 0 Å². The number of carbonyl (C=O) groups excluding carboxylic acids is 1. The maximum atomic E-state index is 10.9. The Morgan fingerprint density at radius 2 is 2.22 bits per heavy atom. The topological polar surface area (TPSA) is 37.3 Å². The molecule has 0 heterocycles. The molecule has 1 saturated carbocycles. The predicted molar refractivity (Wildman–Crippen MR) is 34.1 cm³/mol. The van der Waals surface area contributed by atoms with Crippen molar-refractivity contribution in [1.82, 2.24) is 0 Å². The number of carbonyl (C=O) groups is 1. The van der Waals surface area contributed by atoms with Crippen LogP contribution in [0.1, 0.15) is 19.8 Å². The van der Waals surface area contributed by atoms with Crippen molar-refractivity contribution in [3.63, 3.8) is 0 Å². The van der Waals surface area contributed by atoms with Crippen LogP contribution in [0.3, 0.4) is 0 Å². The molecule has 0 atom stereocenters. The first kappa shape index (κ1) is 6.33. The molecule has 0 unspecified atom stereocenters. The lowest BCUT2D eigenvalue weighted by Crippen LogP contribution is -2.00. The molecule has 0 bridgehead atoms. The van der Waals surface area contributed by atoms with Gasteiger partial charge in [-0.05, 0) is 19.8 Å². The molecule has 0 spiro atoms. The minimum Gasteiger partial charge on any atom is -0.515 e. The van der Waals surface area contributed by atoms with E-state index in [1.165, 1.54) is 0 Å². The highest BCUT2D eigenvalue weighted by molar-refractivity contribution is 5.97. The quantitative estimate of drug-likeness (QED) is 0.449. The van der Waals surface area contributed by atoms with Crippen LogP contribution in [-0.4, -0.2) is 10.9 Å². The molecular formula is C7H10O2. The molecular weight excluding hydrogens is 116 g/mol. The molecule has 2 heteroatoms. The Balaban J connectivity index is 2.50. The number of hydrogen-bond donors (Lipinski definition) is 1. The lowest BCUT2D eigenvalue weighted by atomic mass is 10.1. The van der Waals surface area contributed by atoms with Gasteiger partial charge in [-0.1, -0.05) is 0 Å². The van der Waals surface area contributed by atoms with E-state index in [0.717, 1.165) is 19.1 Å². The summed E-state index contributed by atoms with van der Waals surface area (Å²) >= 11 is 0. The number of Topliss-reactive ketones (excluding diaryl/α,β-unsaturated/α-hetero) is 1. The van der Waals surface area contributed by atoms with Gasteiger partial charge in [0.15, 0.2) is 5.78 Å².